The molecule has 0 fully saturated rings. The number of alkyl halides is 1. The summed E-state index contributed by atoms with van der Waals surface area (Å²) in [6, 6.07) is 7.59. The number of carbonyl (C=O) groups excluding carboxylic acids is 1. The van der Waals surface area contributed by atoms with Gasteiger partial charge in [0, 0.05) is 5.03 Å². The van der Waals surface area contributed by atoms with Gasteiger partial charge < -0.3 is 10.3 Å². The number of aromatic amines is 1. The van der Waals surface area contributed by atoms with Gasteiger partial charge in [-0.05, 0) is 30.2 Å². The summed E-state index contributed by atoms with van der Waals surface area (Å²) in [5, 5.41) is 3.17. The number of aromatic nitrogens is 2. The summed E-state index contributed by atoms with van der Waals surface area (Å²) < 4.78 is 0. The fourth-order valence-electron chi connectivity index (χ4n) is 2.77. The van der Waals surface area contributed by atoms with E-state index in [0.717, 1.165) is 16.9 Å². The average molecular weight is 364 g/mol. The largest absolute Gasteiger partial charge is 0.345 e. The maximum atomic E-state index is 12.7. The second-order valence-corrected chi connectivity index (χ2v) is 7.19. The van der Waals surface area contributed by atoms with Gasteiger partial charge in [-0.2, -0.15) is 0 Å². The molecule has 2 aromatic rings. The normalized spacial score (nSPS) is 21.8. The van der Waals surface area contributed by atoms with Gasteiger partial charge in [0.15, 0.2) is 0 Å². The summed E-state index contributed by atoms with van der Waals surface area (Å²) in [5.74, 6) is 0.347. The monoisotopic (exact) mass is 363 g/mol. The van der Waals surface area contributed by atoms with Gasteiger partial charge in [-0.15, -0.1) is 11.6 Å². The third-order valence-corrected chi connectivity index (χ3v) is 4.74. The van der Waals surface area contributed by atoms with Crippen LogP contribution in [0.2, 0.25) is 0 Å². The number of nitrogens with zero attached hydrogens (tertiary/aromatic N) is 1. The molecule has 0 spiro atoms. The molecule has 0 unspecified atom stereocenters. The first-order valence-electron chi connectivity index (χ1n) is 7.90. The minimum atomic E-state index is -0.453. The molecule has 1 heterocycles. The van der Waals surface area contributed by atoms with Crippen LogP contribution >= 0.6 is 23.2 Å². The lowest BCUT2D eigenvalue weighted by Gasteiger charge is -2.25. The number of halogens is 2. The van der Waals surface area contributed by atoms with Gasteiger partial charge in [0.2, 0.25) is 5.91 Å². The molecule has 1 aromatic heterocycles. The molecule has 2 N–H and O–H groups in total. The Kier molecular flexibility index (Phi) is 4.97. The molecule has 3 rings (SSSR count). The number of rotatable bonds is 4. The van der Waals surface area contributed by atoms with Crippen molar-refractivity contribution in [3.8, 4) is 0 Å². The quantitative estimate of drug-likeness (QED) is 0.795. The van der Waals surface area contributed by atoms with Crippen LogP contribution in [0.4, 0.5) is 0 Å². The molecule has 24 heavy (non-hydrogen) atoms. The Morgan fingerprint density at radius 2 is 2.08 bits per heavy atom. The van der Waals surface area contributed by atoms with Crippen molar-refractivity contribution < 1.29 is 4.79 Å². The number of H-pyrrole nitrogens is 1. The molecule has 4 nitrogen and oxygen atoms in total. The fraction of sp³-hybridized carbons (Fsp3) is 0.333. The molecule has 1 aliphatic rings. The van der Waals surface area contributed by atoms with Gasteiger partial charge in [0.1, 0.15) is 5.82 Å². The minimum Gasteiger partial charge on any atom is -0.345 e. The van der Waals surface area contributed by atoms with E-state index in [1.54, 1.807) is 18.2 Å². The maximum Gasteiger partial charge on any atom is 0.229 e. The maximum absolute atomic E-state index is 12.7. The Hall–Kier alpha value is -1.78. The molecular formula is C18H19Cl2N3O. The Bertz CT molecular complexity index is 776. The van der Waals surface area contributed by atoms with Crippen LogP contribution in [-0.2, 0) is 4.79 Å². The van der Waals surface area contributed by atoms with Gasteiger partial charge in [-0.25, -0.2) is 4.98 Å². The third-order valence-electron chi connectivity index (χ3n) is 4.09. The zero-order chi connectivity index (χ0) is 17.3. The summed E-state index contributed by atoms with van der Waals surface area (Å²) in [6.45, 7) is 4.09. The highest BCUT2D eigenvalue weighted by Crippen LogP contribution is 2.27. The first-order valence-corrected chi connectivity index (χ1v) is 8.72. The first kappa shape index (κ1) is 17.1. The van der Waals surface area contributed by atoms with Crippen LogP contribution in [0, 0.1) is 11.8 Å². The van der Waals surface area contributed by atoms with Crippen molar-refractivity contribution in [1.29, 1.82) is 0 Å². The van der Waals surface area contributed by atoms with E-state index in [9.17, 15) is 4.79 Å². The van der Waals surface area contributed by atoms with Crippen molar-refractivity contribution in [1.82, 2.24) is 15.3 Å². The SMILES string of the molecule is CC(C)[C@@H](NC(=O)[C@@H]1C=CC(Cl)=C[C@H]1Cl)c1nc2ccccc2[nH]1. The van der Waals surface area contributed by atoms with E-state index in [-0.39, 0.29) is 17.9 Å². The van der Waals surface area contributed by atoms with Crippen LogP contribution in [0.15, 0.2) is 47.5 Å². The van der Waals surface area contributed by atoms with Gasteiger partial charge in [0.05, 0.1) is 28.4 Å². The molecule has 1 amide bonds. The number of para-hydroxylation sites is 2. The number of benzene rings is 1. The number of hydrogen-bond donors (Lipinski definition) is 2. The Morgan fingerprint density at radius 1 is 1.33 bits per heavy atom. The number of fused-ring (bicyclic) bond motifs is 1. The van der Waals surface area contributed by atoms with E-state index in [1.165, 1.54) is 0 Å². The lowest BCUT2D eigenvalue weighted by molar-refractivity contribution is -0.124. The van der Waals surface area contributed by atoms with Crippen LogP contribution in [-0.4, -0.2) is 21.3 Å². The highest BCUT2D eigenvalue weighted by Gasteiger charge is 2.29. The molecule has 126 valence electrons. The summed E-state index contributed by atoms with van der Waals surface area (Å²) in [4.78, 5) is 20.6. The third kappa shape index (κ3) is 3.50. The number of nitrogens with one attached hydrogen (secondary N) is 2. The predicted octanol–water partition coefficient (Wildman–Crippen LogP) is 4.29. The average Bonchev–Trinajstić information content (AvgIpc) is 2.95. The molecule has 6 heteroatoms. The second-order valence-electron chi connectivity index (χ2n) is 6.25. The second kappa shape index (κ2) is 6.99. The van der Waals surface area contributed by atoms with Crippen molar-refractivity contribution >= 4 is 40.1 Å². The van der Waals surface area contributed by atoms with Crippen LogP contribution in [0.5, 0.6) is 0 Å². The fourth-order valence-corrected chi connectivity index (χ4v) is 3.37. The van der Waals surface area contributed by atoms with Crippen LogP contribution in [0.25, 0.3) is 11.0 Å². The number of imidazole rings is 1. The highest BCUT2D eigenvalue weighted by atomic mass is 35.5. The van der Waals surface area contributed by atoms with Crippen molar-refractivity contribution in [3.05, 3.63) is 53.4 Å². The van der Waals surface area contributed by atoms with Crippen molar-refractivity contribution in [2.75, 3.05) is 0 Å². The van der Waals surface area contributed by atoms with E-state index in [4.69, 9.17) is 23.2 Å². The van der Waals surface area contributed by atoms with Crippen LogP contribution in [0.1, 0.15) is 25.7 Å². The minimum absolute atomic E-state index is 0.133. The van der Waals surface area contributed by atoms with Gasteiger partial charge in [-0.1, -0.05) is 43.7 Å². The molecule has 0 aliphatic heterocycles. The molecule has 0 saturated carbocycles. The van der Waals surface area contributed by atoms with E-state index >= 15 is 0 Å². The number of carbonyl (C=O) groups is 1. The van der Waals surface area contributed by atoms with E-state index < -0.39 is 11.3 Å². The van der Waals surface area contributed by atoms with E-state index in [1.807, 2.05) is 38.1 Å². The number of hydrogen-bond acceptors (Lipinski definition) is 2. The predicted molar refractivity (Wildman–Crippen MR) is 98.0 cm³/mol. The van der Waals surface area contributed by atoms with Gasteiger partial charge in [-0.3, -0.25) is 4.79 Å². The Labute approximate surface area is 150 Å². The lowest BCUT2D eigenvalue weighted by atomic mass is 9.97. The molecule has 0 bridgehead atoms. The molecular weight excluding hydrogens is 345 g/mol. The van der Waals surface area contributed by atoms with Crippen LogP contribution < -0.4 is 5.32 Å². The topological polar surface area (TPSA) is 57.8 Å². The summed E-state index contributed by atoms with van der Waals surface area (Å²) in [6.07, 6.45) is 5.13. The van der Waals surface area contributed by atoms with Gasteiger partial charge >= 0.3 is 0 Å². The summed E-state index contributed by atoms with van der Waals surface area (Å²) >= 11 is 12.2. The smallest absolute Gasteiger partial charge is 0.229 e. The van der Waals surface area contributed by atoms with E-state index in [0.29, 0.717) is 5.03 Å². The zero-order valence-corrected chi connectivity index (χ0v) is 15.0. The summed E-state index contributed by atoms with van der Waals surface area (Å²) in [5.41, 5.74) is 1.84. The van der Waals surface area contributed by atoms with Crippen molar-refractivity contribution in [2.24, 2.45) is 11.8 Å². The van der Waals surface area contributed by atoms with Crippen molar-refractivity contribution in [2.45, 2.75) is 25.3 Å². The molecule has 1 aliphatic carbocycles. The molecule has 3 atom stereocenters. The highest BCUT2D eigenvalue weighted by molar-refractivity contribution is 6.33. The Morgan fingerprint density at radius 3 is 2.75 bits per heavy atom. The standard InChI is InChI=1S/C18H19Cl2N3O/c1-10(2)16(17-21-14-5-3-4-6-15(14)22-17)23-18(24)12-8-7-11(19)9-13(12)20/h3-10,12-13,16H,1-2H3,(H,21,22)(H,23,24)/t12-,13-,16-/m1/s1. The summed E-state index contributed by atoms with van der Waals surface area (Å²) in [7, 11) is 0. The zero-order valence-electron chi connectivity index (χ0n) is 13.5. The number of amides is 1. The van der Waals surface area contributed by atoms with Gasteiger partial charge in [0.25, 0.3) is 0 Å². The number of allylic oxidation sites excluding steroid dienone is 3. The molecule has 0 saturated heterocycles. The van der Waals surface area contributed by atoms with Crippen LogP contribution in [0.3, 0.4) is 0 Å². The first-order chi connectivity index (χ1) is 11.5. The molecule has 0 radical (unpaired) electrons. The van der Waals surface area contributed by atoms with E-state index in [2.05, 4.69) is 15.3 Å². The molecule has 1 aromatic carbocycles. The Balaban J connectivity index is 1.82. The lowest BCUT2D eigenvalue weighted by Crippen LogP contribution is -2.39. The van der Waals surface area contributed by atoms with Crippen molar-refractivity contribution in [3.63, 3.8) is 0 Å².